The molecule has 0 aromatic heterocycles. The molecule has 20 heavy (non-hydrogen) atoms. The highest BCUT2D eigenvalue weighted by atomic mass is 79.9. The van der Waals surface area contributed by atoms with Gasteiger partial charge in [-0.05, 0) is 52.7 Å². The van der Waals surface area contributed by atoms with E-state index in [2.05, 4.69) is 31.9 Å². The predicted molar refractivity (Wildman–Crippen MR) is 87.5 cm³/mol. The SMILES string of the molecule is CCCOc1ccccc1C(=O)c1ccc(Br)cc1Br. The van der Waals surface area contributed by atoms with Gasteiger partial charge < -0.3 is 4.74 Å². The van der Waals surface area contributed by atoms with Gasteiger partial charge in [-0.25, -0.2) is 0 Å². The Morgan fingerprint density at radius 1 is 1.10 bits per heavy atom. The average molecular weight is 398 g/mol. The normalized spacial score (nSPS) is 10.3. The molecule has 0 amide bonds. The summed E-state index contributed by atoms with van der Waals surface area (Å²) in [6.45, 7) is 2.64. The standard InChI is InChI=1S/C16H14Br2O2/c1-2-9-20-15-6-4-3-5-13(15)16(19)12-8-7-11(17)10-14(12)18/h3-8,10H,2,9H2,1H3. The molecule has 0 aliphatic rings. The summed E-state index contributed by atoms with van der Waals surface area (Å²) >= 11 is 6.81. The average Bonchev–Trinajstić information content (AvgIpc) is 2.45. The second-order valence-corrected chi connectivity index (χ2v) is 6.07. The third-order valence-electron chi connectivity index (χ3n) is 2.77. The summed E-state index contributed by atoms with van der Waals surface area (Å²) in [5.74, 6) is 0.588. The van der Waals surface area contributed by atoms with Gasteiger partial charge in [0.2, 0.25) is 0 Å². The van der Waals surface area contributed by atoms with Crippen LogP contribution in [0.15, 0.2) is 51.4 Å². The predicted octanol–water partition coefficient (Wildman–Crippen LogP) is 5.23. The Morgan fingerprint density at radius 2 is 1.85 bits per heavy atom. The highest BCUT2D eigenvalue weighted by Gasteiger charge is 2.16. The van der Waals surface area contributed by atoms with Crippen LogP contribution in [0.1, 0.15) is 29.3 Å². The molecular weight excluding hydrogens is 384 g/mol. The highest BCUT2D eigenvalue weighted by Crippen LogP contribution is 2.27. The molecule has 2 aromatic rings. The largest absolute Gasteiger partial charge is 0.493 e. The van der Waals surface area contributed by atoms with Gasteiger partial charge in [0.15, 0.2) is 5.78 Å². The number of hydrogen-bond acceptors (Lipinski definition) is 2. The monoisotopic (exact) mass is 396 g/mol. The minimum Gasteiger partial charge on any atom is -0.493 e. The van der Waals surface area contributed by atoms with Crippen molar-refractivity contribution in [3.8, 4) is 5.75 Å². The maximum atomic E-state index is 12.6. The Balaban J connectivity index is 2.38. The Labute approximate surface area is 135 Å². The molecule has 2 aromatic carbocycles. The number of carbonyl (C=O) groups is 1. The number of ether oxygens (including phenoxy) is 1. The van der Waals surface area contributed by atoms with E-state index < -0.39 is 0 Å². The Morgan fingerprint density at radius 3 is 2.55 bits per heavy atom. The summed E-state index contributed by atoms with van der Waals surface area (Å²) in [5, 5.41) is 0. The van der Waals surface area contributed by atoms with Crippen molar-refractivity contribution < 1.29 is 9.53 Å². The molecule has 0 aliphatic carbocycles. The smallest absolute Gasteiger partial charge is 0.197 e. The van der Waals surface area contributed by atoms with Gasteiger partial charge in [0.05, 0.1) is 12.2 Å². The topological polar surface area (TPSA) is 26.3 Å². The third-order valence-corrected chi connectivity index (χ3v) is 3.92. The van der Waals surface area contributed by atoms with Gasteiger partial charge in [0, 0.05) is 14.5 Å². The van der Waals surface area contributed by atoms with E-state index in [1.54, 1.807) is 12.1 Å². The van der Waals surface area contributed by atoms with Crippen LogP contribution in [0.5, 0.6) is 5.75 Å². The molecular formula is C16H14Br2O2. The molecule has 0 saturated heterocycles. The fraction of sp³-hybridized carbons (Fsp3) is 0.188. The zero-order valence-corrected chi connectivity index (χ0v) is 14.2. The van der Waals surface area contributed by atoms with Crippen LogP contribution in [0.25, 0.3) is 0 Å². The van der Waals surface area contributed by atoms with Gasteiger partial charge in [0.1, 0.15) is 5.75 Å². The fourth-order valence-corrected chi connectivity index (χ4v) is 3.04. The van der Waals surface area contributed by atoms with Gasteiger partial charge in [-0.3, -0.25) is 4.79 Å². The minimum atomic E-state index is -0.0453. The number of benzene rings is 2. The van der Waals surface area contributed by atoms with E-state index in [1.807, 2.05) is 37.3 Å². The van der Waals surface area contributed by atoms with Gasteiger partial charge in [-0.2, -0.15) is 0 Å². The Kier molecular flexibility index (Phi) is 5.38. The van der Waals surface area contributed by atoms with Crippen LogP contribution < -0.4 is 4.74 Å². The summed E-state index contributed by atoms with van der Waals surface area (Å²) in [4.78, 5) is 12.6. The van der Waals surface area contributed by atoms with Crippen LogP contribution in [-0.2, 0) is 0 Å². The van der Waals surface area contributed by atoms with Crippen LogP contribution in [0.2, 0.25) is 0 Å². The summed E-state index contributed by atoms with van der Waals surface area (Å²) in [6.07, 6.45) is 0.907. The molecule has 0 N–H and O–H groups in total. The fourth-order valence-electron chi connectivity index (χ4n) is 1.81. The van der Waals surface area contributed by atoms with E-state index in [0.717, 1.165) is 15.4 Å². The van der Waals surface area contributed by atoms with Crippen LogP contribution in [0.4, 0.5) is 0 Å². The van der Waals surface area contributed by atoms with Crippen molar-refractivity contribution in [2.75, 3.05) is 6.61 Å². The Bertz CT molecular complexity index is 624. The highest BCUT2D eigenvalue weighted by molar-refractivity contribution is 9.11. The molecule has 104 valence electrons. The van der Waals surface area contributed by atoms with E-state index >= 15 is 0 Å². The molecule has 0 atom stereocenters. The second kappa shape index (κ2) is 7.04. The molecule has 0 unspecified atom stereocenters. The van der Waals surface area contributed by atoms with Gasteiger partial charge in [-0.1, -0.05) is 35.0 Å². The van der Waals surface area contributed by atoms with E-state index in [1.165, 1.54) is 0 Å². The maximum Gasteiger partial charge on any atom is 0.197 e. The second-order valence-electron chi connectivity index (χ2n) is 4.30. The van der Waals surface area contributed by atoms with E-state index in [4.69, 9.17) is 4.74 Å². The lowest BCUT2D eigenvalue weighted by atomic mass is 10.0. The Hall–Kier alpha value is -1.13. The number of rotatable bonds is 5. The van der Waals surface area contributed by atoms with Gasteiger partial charge in [-0.15, -0.1) is 0 Å². The number of hydrogen-bond donors (Lipinski definition) is 0. The molecule has 0 saturated carbocycles. The first-order valence-electron chi connectivity index (χ1n) is 6.35. The molecule has 0 radical (unpaired) electrons. The number of carbonyl (C=O) groups excluding carboxylic acids is 1. The lowest BCUT2D eigenvalue weighted by molar-refractivity contribution is 0.103. The van der Waals surface area contributed by atoms with Gasteiger partial charge in [0.25, 0.3) is 0 Å². The van der Waals surface area contributed by atoms with E-state index in [9.17, 15) is 4.79 Å². The molecule has 0 spiro atoms. The van der Waals surface area contributed by atoms with Crippen molar-refractivity contribution in [3.05, 3.63) is 62.5 Å². The summed E-state index contributed by atoms with van der Waals surface area (Å²) in [5.41, 5.74) is 1.21. The molecule has 2 rings (SSSR count). The van der Waals surface area contributed by atoms with Gasteiger partial charge >= 0.3 is 0 Å². The first-order chi connectivity index (χ1) is 9.63. The zero-order chi connectivity index (χ0) is 14.5. The maximum absolute atomic E-state index is 12.6. The van der Waals surface area contributed by atoms with E-state index in [0.29, 0.717) is 23.5 Å². The van der Waals surface area contributed by atoms with Crippen molar-refractivity contribution in [1.82, 2.24) is 0 Å². The lowest BCUT2D eigenvalue weighted by Crippen LogP contribution is -2.06. The minimum absolute atomic E-state index is 0.0453. The molecule has 0 aliphatic heterocycles. The summed E-state index contributed by atoms with van der Waals surface area (Å²) < 4.78 is 7.34. The zero-order valence-electron chi connectivity index (χ0n) is 11.0. The van der Waals surface area contributed by atoms with Crippen LogP contribution in [0.3, 0.4) is 0 Å². The van der Waals surface area contributed by atoms with Crippen LogP contribution in [0, 0.1) is 0 Å². The van der Waals surface area contributed by atoms with Crippen LogP contribution in [-0.4, -0.2) is 12.4 Å². The first-order valence-corrected chi connectivity index (χ1v) is 7.93. The van der Waals surface area contributed by atoms with Crippen molar-refractivity contribution in [2.45, 2.75) is 13.3 Å². The lowest BCUT2D eigenvalue weighted by Gasteiger charge is -2.11. The molecule has 2 nitrogen and oxygen atoms in total. The van der Waals surface area contributed by atoms with Crippen molar-refractivity contribution in [1.29, 1.82) is 0 Å². The first kappa shape index (κ1) is 15.3. The molecule has 0 heterocycles. The molecule has 0 bridgehead atoms. The molecule has 0 fully saturated rings. The van der Waals surface area contributed by atoms with Crippen LogP contribution >= 0.6 is 31.9 Å². The quantitative estimate of drug-likeness (QED) is 0.645. The van der Waals surface area contributed by atoms with E-state index in [-0.39, 0.29) is 5.78 Å². The number of halogens is 2. The van der Waals surface area contributed by atoms with Crippen molar-refractivity contribution >= 4 is 37.6 Å². The summed E-state index contributed by atoms with van der Waals surface area (Å²) in [7, 11) is 0. The summed E-state index contributed by atoms with van der Waals surface area (Å²) in [6, 6.07) is 12.9. The molecule has 4 heteroatoms. The van der Waals surface area contributed by atoms with Crippen molar-refractivity contribution in [2.24, 2.45) is 0 Å². The number of para-hydroxylation sites is 1. The van der Waals surface area contributed by atoms with Crippen molar-refractivity contribution in [3.63, 3.8) is 0 Å². The number of ketones is 1. The third kappa shape index (κ3) is 3.49.